The number of rotatable bonds is 9. The Kier molecular flexibility index (Phi) is 8.34. The number of aromatic nitrogens is 1. The van der Waals surface area contributed by atoms with Crippen molar-refractivity contribution < 1.29 is 27.5 Å². The van der Waals surface area contributed by atoms with Crippen LogP contribution in [0, 0.1) is 6.92 Å². The van der Waals surface area contributed by atoms with Gasteiger partial charge < -0.3 is 19.3 Å². The highest BCUT2D eigenvalue weighted by molar-refractivity contribution is 7.91. The van der Waals surface area contributed by atoms with Crippen molar-refractivity contribution in [1.29, 1.82) is 0 Å². The monoisotopic (exact) mass is 523 g/mol. The molecule has 2 aromatic carbocycles. The van der Waals surface area contributed by atoms with Gasteiger partial charge in [-0.05, 0) is 66.6 Å². The van der Waals surface area contributed by atoms with Crippen LogP contribution in [0.2, 0.25) is 0 Å². The predicted molar refractivity (Wildman–Crippen MR) is 141 cm³/mol. The Morgan fingerprint density at radius 2 is 1.70 bits per heavy atom. The van der Waals surface area contributed by atoms with Crippen LogP contribution in [-0.2, 0) is 19.4 Å². The molecule has 0 aliphatic heterocycles. The van der Waals surface area contributed by atoms with E-state index in [-0.39, 0.29) is 21.2 Å². The van der Waals surface area contributed by atoms with Crippen molar-refractivity contribution in [1.82, 2.24) is 9.88 Å². The number of hydrogen-bond donors (Lipinski definition) is 0. The minimum Gasteiger partial charge on any atom is -0.497 e. The number of carbonyl (C=O) groups is 2. The molecule has 0 N–H and O–H groups in total. The second kappa shape index (κ2) is 11.3. The molecule has 0 aliphatic carbocycles. The summed E-state index contributed by atoms with van der Waals surface area (Å²) in [5.74, 6) is -0.0871. The Morgan fingerprint density at radius 3 is 2.27 bits per heavy atom. The third-order valence-corrected chi connectivity index (χ3v) is 7.50. The molecular weight excluding hydrogens is 494 g/mol. The van der Waals surface area contributed by atoms with Crippen LogP contribution in [0.5, 0.6) is 5.75 Å². The first-order valence-electron chi connectivity index (χ1n) is 11.2. The molecule has 3 rings (SSSR count). The summed E-state index contributed by atoms with van der Waals surface area (Å²) in [4.78, 5) is 31.7. The Labute approximate surface area is 216 Å². The van der Waals surface area contributed by atoms with Crippen LogP contribution in [0.25, 0.3) is 5.70 Å². The highest BCUT2D eigenvalue weighted by Gasteiger charge is 2.28. The summed E-state index contributed by atoms with van der Waals surface area (Å²) in [6.45, 7) is 1.80. The minimum atomic E-state index is -4.02. The molecule has 9 nitrogen and oxygen atoms in total. The number of sulfone groups is 1. The van der Waals surface area contributed by atoms with Crippen LogP contribution in [-0.4, -0.2) is 65.9 Å². The quantitative estimate of drug-likeness (QED) is 0.235. The van der Waals surface area contributed by atoms with Crippen molar-refractivity contribution in [2.24, 2.45) is 0 Å². The van der Waals surface area contributed by atoms with Crippen molar-refractivity contribution in [3.05, 3.63) is 77.5 Å². The Hall–Kier alpha value is -4.18. The van der Waals surface area contributed by atoms with Gasteiger partial charge in [0.15, 0.2) is 5.03 Å². The van der Waals surface area contributed by atoms with Gasteiger partial charge in [-0.1, -0.05) is 0 Å². The summed E-state index contributed by atoms with van der Waals surface area (Å²) < 4.78 is 37.3. The lowest BCUT2D eigenvalue weighted by molar-refractivity contribution is -0.104. The van der Waals surface area contributed by atoms with E-state index in [9.17, 15) is 18.0 Å². The average Bonchev–Trinajstić information content (AvgIpc) is 2.90. The molecule has 194 valence electrons. The van der Waals surface area contributed by atoms with Crippen molar-refractivity contribution in [2.45, 2.75) is 16.8 Å². The predicted octanol–water partition coefficient (Wildman–Crippen LogP) is 3.89. The molecule has 0 aliphatic rings. The molecule has 0 radical (unpaired) electrons. The number of anilines is 2. The summed E-state index contributed by atoms with van der Waals surface area (Å²) in [6, 6.07) is 12.7. The fourth-order valence-corrected chi connectivity index (χ4v) is 5.44. The summed E-state index contributed by atoms with van der Waals surface area (Å²) >= 11 is 0. The number of nitrogens with zero attached hydrogens (tertiary/aromatic N) is 3. The van der Waals surface area contributed by atoms with Crippen molar-refractivity contribution in [2.75, 3.05) is 40.3 Å². The second-order valence-electron chi connectivity index (χ2n) is 8.33. The van der Waals surface area contributed by atoms with E-state index in [4.69, 9.17) is 9.47 Å². The second-order valence-corrected chi connectivity index (χ2v) is 10.2. The highest BCUT2D eigenvalue weighted by Crippen LogP contribution is 2.37. The maximum atomic E-state index is 13.6. The van der Waals surface area contributed by atoms with Gasteiger partial charge >= 0.3 is 5.97 Å². The van der Waals surface area contributed by atoms with Crippen molar-refractivity contribution in [3.8, 4) is 5.75 Å². The lowest BCUT2D eigenvalue weighted by atomic mass is 9.99. The van der Waals surface area contributed by atoms with E-state index >= 15 is 0 Å². The molecule has 0 saturated carbocycles. The first kappa shape index (κ1) is 27.4. The Bertz CT molecular complexity index is 1450. The fraction of sp³-hybridized carbons (Fsp3) is 0.222. The molecule has 0 spiro atoms. The standard InChI is InChI=1S/C27H29N3O6S/c1-18-16-19(23(13-15-31)29(2)3)17-22(27(32)36-6)25(18)30(4)24-8-7-14-28-26(24)37(33,34)21-11-9-20(35-5)10-12-21/h7-17H,1-6H3. The molecule has 0 unspecified atom stereocenters. The van der Waals surface area contributed by atoms with Gasteiger partial charge in [0, 0.05) is 39.1 Å². The van der Waals surface area contributed by atoms with Gasteiger partial charge in [-0.2, -0.15) is 0 Å². The van der Waals surface area contributed by atoms with E-state index in [2.05, 4.69) is 4.98 Å². The van der Waals surface area contributed by atoms with Gasteiger partial charge in [-0.25, -0.2) is 18.2 Å². The van der Waals surface area contributed by atoms with E-state index in [1.54, 1.807) is 68.2 Å². The molecule has 0 atom stereocenters. The molecule has 1 heterocycles. The van der Waals surface area contributed by atoms with E-state index < -0.39 is 15.8 Å². The van der Waals surface area contributed by atoms with Crippen LogP contribution < -0.4 is 9.64 Å². The fourth-order valence-electron chi connectivity index (χ4n) is 4.04. The molecule has 10 heteroatoms. The van der Waals surface area contributed by atoms with E-state index in [0.29, 0.717) is 34.5 Å². The smallest absolute Gasteiger partial charge is 0.340 e. The van der Waals surface area contributed by atoms with Crippen LogP contribution in [0.1, 0.15) is 21.5 Å². The maximum absolute atomic E-state index is 13.6. The SMILES string of the molecule is COC(=O)c1cc(C(=CC=O)N(C)C)cc(C)c1N(C)c1cccnc1S(=O)(=O)c1ccc(OC)cc1. The first-order valence-corrected chi connectivity index (χ1v) is 12.7. The molecule has 1 aromatic heterocycles. The summed E-state index contributed by atoms with van der Waals surface area (Å²) in [5.41, 5.74) is 2.81. The molecule has 3 aromatic rings. The van der Waals surface area contributed by atoms with Crippen molar-refractivity contribution >= 4 is 39.2 Å². The van der Waals surface area contributed by atoms with Gasteiger partial charge in [0.2, 0.25) is 9.84 Å². The largest absolute Gasteiger partial charge is 0.497 e. The molecule has 37 heavy (non-hydrogen) atoms. The number of aryl methyl sites for hydroxylation is 1. The lowest BCUT2D eigenvalue weighted by Crippen LogP contribution is -2.20. The van der Waals surface area contributed by atoms with Crippen LogP contribution >= 0.6 is 0 Å². The zero-order valence-corrected chi connectivity index (χ0v) is 22.4. The van der Waals surface area contributed by atoms with Crippen LogP contribution in [0.3, 0.4) is 0 Å². The molecule has 0 saturated heterocycles. The molecule has 0 fully saturated rings. The van der Waals surface area contributed by atoms with Crippen LogP contribution in [0.4, 0.5) is 11.4 Å². The molecule has 0 amide bonds. The third-order valence-electron chi connectivity index (χ3n) is 5.78. The van der Waals surface area contributed by atoms with E-state index in [0.717, 1.165) is 0 Å². The maximum Gasteiger partial charge on any atom is 0.340 e. The number of benzene rings is 2. The van der Waals surface area contributed by atoms with Gasteiger partial charge in [0.05, 0.1) is 36.1 Å². The van der Waals surface area contributed by atoms with Gasteiger partial charge in [-0.15, -0.1) is 0 Å². The minimum absolute atomic E-state index is 0.0523. The number of aldehydes is 1. The van der Waals surface area contributed by atoms with Crippen molar-refractivity contribution in [3.63, 3.8) is 0 Å². The van der Waals surface area contributed by atoms with Crippen LogP contribution in [0.15, 0.2) is 70.7 Å². The Morgan fingerprint density at radius 1 is 1.03 bits per heavy atom. The average molecular weight is 524 g/mol. The number of pyridine rings is 1. The normalized spacial score (nSPS) is 11.6. The van der Waals surface area contributed by atoms with Gasteiger partial charge in [0.25, 0.3) is 0 Å². The zero-order chi connectivity index (χ0) is 27.3. The number of carbonyl (C=O) groups excluding carboxylic acids is 2. The number of methoxy groups -OCH3 is 2. The summed E-state index contributed by atoms with van der Waals surface area (Å²) in [5, 5.41) is -0.170. The number of allylic oxidation sites excluding steroid dienone is 1. The zero-order valence-electron chi connectivity index (χ0n) is 21.6. The number of esters is 1. The topological polar surface area (TPSA) is 106 Å². The van der Waals surface area contributed by atoms with E-state index in [1.165, 1.54) is 38.6 Å². The van der Waals surface area contributed by atoms with E-state index in [1.807, 2.05) is 6.07 Å². The highest BCUT2D eigenvalue weighted by atomic mass is 32.2. The lowest BCUT2D eigenvalue weighted by Gasteiger charge is -2.27. The molecule has 0 bridgehead atoms. The summed E-state index contributed by atoms with van der Waals surface area (Å²) in [6.07, 6.45) is 3.48. The first-order chi connectivity index (χ1) is 17.6. The molecular formula is C27H29N3O6S. The third kappa shape index (κ3) is 5.49. The number of hydrogen-bond acceptors (Lipinski definition) is 9. The summed E-state index contributed by atoms with van der Waals surface area (Å²) in [7, 11) is 3.98. The van der Waals surface area contributed by atoms with Gasteiger partial charge in [0.1, 0.15) is 12.0 Å². The Balaban J connectivity index is 2.22. The number of ether oxygens (including phenoxy) is 2. The van der Waals surface area contributed by atoms with Gasteiger partial charge in [-0.3, -0.25) is 4.79 Å².